The van der Waals surface area contributed by atoms with Crippen LogP contribution >= 0.6 is 0 Å². The van der Waals surface area contributed by atoms with Gasteiger partial charge in [0.1, 0.15) is 11.8 Å². The molecule has 1 atom stereocenters. The van der Waals surface area contributed by atoms with E-state index in [-0.39, 0.29) is 17.3 Å². The third-order valence-electron chi connectivity index (χ3n) is 6.16. The fraction of sp³-hybridized carbons (Fsp3) is 0.379. The van der Waals surface area contributed by atoms with Gasteiger partial charge in [0.15, 0.2) is 0 Å². The molecule has 204 valence electrons. The zero-order valence-corrected chi connectivity index (χ0v) is 23.7. The Morgan fingerprint density at radius 1 is 0.974 bits per heavy atom. The van der Waals surface area contributed by atoms with Gasteiger partial charge in [-0.2, -0.15) is 4.31 Å². The van der Waals surface area contributed by atoms with Gasteiger partial charge < -0.3 is 15.0 Å². The predicted molar refractivity (Wildman–Crippen MR) is 149 cm³/mol. The molecule has 0 fully saturated rings. The van der Waals surface area contributed by atoms with Gasteiger partial charge in [0.05, 0.1) is 18.6 Å². The number of ether oxygens (including phenoxy) is 1. The van der Waals surface area contributed by atoms with E-state index >= 15 is 0 Å². The van der Waals surface area contributed by atoms with Crippen molar-refractivity contribution in [1.29, 1.82) is 0 Å². The molecule has 38 heavy (non-hydrogen) atoms. The fourth-order valence-electron chi connectivity index (χ4n) is 4.21. The Labute approximate surface area is 225 Å². The highest BCUT2D eigenvalue weighted by atomic mass is 32.2. The smallest absolute Gasteiger partial charge is 0.243 e. The number of hydrogen-bond donors (Lipinski definition) is 1. The first-order valence-electron chi connectivity index (χ1n) is 12.6. The molecule has 3 aromatic carbocycles. The minimum atomic E-state index is -3.96. The largest absolute Gasteiger partial charge is 0.497 e. The first kappa shape index (κ1) is 29.1. The predicted octanol–water partition coefficient (Wildman–Crippen LogP) is 4.19. The summed E-state index contributed by atoms with van der Waals surface area (Å²) >= 11 is 0. The molecule has 3 aromatic rings. The van der Waals surface area contributed by atoms with Crippen molar-refractivity contribution >= 4 is 32.6 Å². The maximum Gasteiger partial charge on any atom is 0.243 e. The number of carbonyl (C=O) groups excluding carboxylic acids is 2. The molecule has 0 aliphatic heterocycles. The van der Waals surface area contributed by atoms with E-state index < -0.39 is 34.1 Å². The number of nitrogens with zero attached hydrogens (tertiary/aromatic N) is 2. The number of amides is 2. The average Bonchev–Trinajstić information content (AvgIpc) is 2.87. The van der Waals surface area contributed by atoms with Crippen LogP contribution < -0.4 is 10.1 Å². The Morgan fingerprint density at radius 3 is 2.29 bits per heavy atom. The molecule has 0 aliphatic rings. The Morgan fingerprint density at radius 2 is 1.66 bits per heavy atom. The molecule has 0 aliphatic carbocycles. The van der Waals surface area contributed by atoms with E-state index in [0.717, 1.165) is 20.6 Å². The molecule has 0 saturated carbocycles. The summed E-state index contributed by atoms with van der Waals surface area (Å²) in [5.41, 5.74) is 0.269. The van der Waals surface area contributed by atoms with E-state index in [4.69, 9.17) is 4.74 Å². The SMILES string of the molecule is CC[C@@H](C(=O)NC(C)(C)C)N(Cc1cccc(OC)c1)C(=O)CN(C)S(=O)(=O)c1ccc2ccccc2c1. The molecule has 0 radical (unpaired) electrons. The number of hydrogen-bond acceptors (Lipinski definition) is 5. The summed E-state index contributed by atoms with van der Waals surface area (Å²) in [6.07, 6.45) is 0.360. The monoisotopic (exact) mass is 539 g/mol. The Bertz CT molecular complexity index is 1400. The average molecular weight is 540 g/mol. The highest BCUT2D eigenvalue weighted by Gasteiger charge is 2.33. The molecule has 3 rings (SSSR count). The number of sulfonamides is 1. The number of fused-ring (bicyclic) bond motifs is 1. The van der Waals surface area contributed by atoms with E-state index in [1.54, 1.807) is 31.4 Å². The van der Waals surface area contributed by atoms with E-state index in [1.165, 1.54) is 18.0 Å². The maximum absolute atomic E-state index is 13.7. The molecule has 9 heteroatoms. The van der Waals surface area contributed by atoms with Crippen molar-refractivity contribution in [2.45, 2.75) is 57.1 Å². The van der Waals surface area contributed by atoms with Gasteiger partial charge in [-0.15, -0.1) is 0 Å². The summed E-state index contributed by atoms with van der Waals surface area (Å²) in [6.45, 7) is 7.14. The minimum Gasteiger partial charge on any atom is -0.497 e. The van der Waals surface area contributed by atoms with Crippen LogP contribution in [0.3, 0.4) is 0 Å². The highest BCUT2D eigenvalue weighted by molar-refractivity contribution is 7.89. The summed E-state index contributed by atoms with van der Waals surface area (Å²) < 4.78 is 33.1. The van der Waals surface area contributed by atoms with Crippen LogP contribution in [0.4, 0.5) is 0 Å². The lowest BCUT2D eigenvalue weighted by atomic mass is 10.1. The number of nitrogens with one attached hydrogen (secondary N) is 1. The number of rotatable bonds is 10. The van der Waals surface area contributed by atoms with E-state index in [1.807, 2.05) is 64.1 Å². The Hall–Kier alpha value is -3.43. The van der Waals surface area contributed by atoms with Gasteiger partial charge in [-0.25, -0.2) is 8.42 Å². The van der Waals surface area contributed by atoms with Gasteiger partial charge in [0.2, 0.25) is 21.8 Å². The quantitative estimate of drug-likeness (QED) is 0.417. The number of methoxy groups -OCH3 is 1. The lowest BCUT2D eigenvalue weighted by Crippen LogP contribution is -2.55. The number of likely N-dealkylation sites (N-methyl/N-ethyl adjacent to an activating group) is 1. The van der Waals surface area contributed by atoms with Gasteiger partial charge >= 0.3 is 0 Å². The van der Waals surface area contributed by atoms with Crippen molar-refractivity contribution in [3.05, 3.63) is 72.3 Å². The molecule has 0 heterocycles. The third-order valence-corrected chi connectivity index (χ3v) is 7.96. The zero-order chi connectivity index (χ0) is 28.1. The van der Waals surface area contributed by atoms with Crippen molar-refractivity contribution in [3.8, 4) is 5.75 Å². The normalized spacial score (nSPS) is 12.8. The van der Waals surface area contributed by atoms with Gasteiger partial charge in [-0.3, -0.25) is 9.59 Å². The van der Waals surface area contributed by atoms with Gasteiger partial charge in [0, 0.05) is 19.1 Å². The fourth-order valence-corrected chi connectivity index (χ4v) is 5.37. The summed E-state index contributed by atoms with van der Waals surface area (Å²) in [6, 6.07) is 18.8. The van der Waals surface area contributed by atoms with E-state index in [0.29, 0.717) is 12.2 Å². The zero-order valence-electron chi connectivity index (χ0n) is 22.9. The first-order valence-corrected chi connectivity index (χ1v) is 14.0. The summed E-state index contributed by atoms with van der Waals surface area (Å²) in [5.74, 6) is -0.148. The molecule has 8 nitrogen and oxygen atoms in total. The van der Waals surface area contributed by atoms with Crippen LogP contribution in [-0.4, -0.2) is 61.7 Å². The van der Waals surface area contributed by atoms with Crippen LogP contribution in [0, 0.1) is 0 Å². The molecule has 0 aromatic heterocycles. The third kappa shape index (κ3) is 7.11. The van der Waals surface area contributed by atoms with E-state index in [2.05, 4.69) is 5.32 Å². The van der Waals surface area contributed by atoms with Gasteiger partial charge in [0.25, 0.3) is 0 Å². The lowest BCUT2D eigenvalue weighted by molar-refractivity contribution is -0.142. The lowest BCUT2D eigenvalue weighted by Gasteiger charge is -2.34. The molecule has 0 unspecified atom stereocenters. The molecule has 1 N–H and O–H groups in total. The van der Waals surface area contributed by atoms with Gasteiger partial charge in [-0.1, -0.05) is 49.4 Å². The van der Waals surface area contributed by atoms with Crippen LogP contribution in [0.1, 0.15) is 39.7 Å². The van der Waals surface area contributed by atoms with Gasteiger partial charge in [-0.05, 0) is 67.8 Å². The number of benzene rings is 3. The van der Waals surface area contributed by atoms with Crippen LogP contribution in [0.25, 0.3) is 10.8 Å². The summed E-state index contributed by atoms with van der Waals surface area (Å²) in [5, 5.41) is 4.66. The molecular formula is C29H37N3O5S. The first-order chi connectivity index (χ1) is 17.9. The van der Waals surface area contributed by atoms with Crippen LogP contribution in [-0.2, 0) is 26.2 Å². The highest BCUT2D eigenvalue weighted by Crippen LogP contribution is 2.23. The van der Waals surface area contributed by atoms with E-state index in [9.17, 15) is 18.0 Å². The number of carbonyl (C=O) groups is 2. The topological polar surface area (TPSA) is 96.0 Å². The van der Waals surface area contributed by atoms with Crippen LogP contribution in [0.5, 0.6) is 5.75 Å². The Kier molecular flexibility index (Phi) is 9.17. The second-order valence-corrected chi connectivity index (χ2v) is 12.4. The van der Waals surface area contributed by atoms with Crippen LogP contribution in [0.15, 0.2) is 71.6 Å². The second-order valence-electron chi connectivity index (χ2n) is 10.3. The Balaban J connectivity index is 1.91. The maximum atomic E-state index is 13.7. The van der Waals surface area contributed by atoms with Crippen LogP contribution in [0.2, 0.25) is 0 Å². The summed E-state index contributed by atoms with van der Waals surface area (Å²) in [4.78, 5) is 28.4. The van der Waals surface area contributed by atoms with Crippen molar-refractivity contribution in [2.24, 2.45) is 0 Å². The van der Waals surface area contributed by atoms with Crippen molar-refractivity contribution in [1.82, 2.24) is 14.5 Å². The second kappa shape index (κ2) is 12.0. The molecule has 0 spiro atoms. The molecule has 0 saturated heterocycles. The minimum absolute atomic E-state index is 0.100. The van der Waals surface area contributed by atoms with Crippen molar-refractivity contribution < 1.29 is 22.7 Å². The standard InChI is InChI=1S/C29H37N3O5S/c1-7-26(28(34)30-29(2,3)4)32(19-21-11-10-14-24(17-21)37-6)27(33)20-31(5)38(35,36)25-16-15-22-12-8-9-13-23(22)18-25/h8-18,26H,7,19-20H2,1-6H3,(H,30,34)/t26-/m0/s1. The summed E-state index contributed by atoms with van der Waals surface area (Å²) in [7, 11) is -1.03. The molecular weight excluding hydrogens is 502 g/mol. The van der Waals surface area contributed by atoms with Crippen molar-refractivity contribution in [3.63, 3.8) is 0 Å². The van der Waals surface area contributed by atoms with Crippen molar-refractivity contribution in [2.75, 3.05) is 20.7 Å². The molecule has 0 bridgehead atoms. The molecule has 2 amide bonds.